The molecule has 2 amide bonds. The Balaban J connectivity index is 1.85. The number of nitriles is 1. The Morgan fingerprint density at radius 3 is 2.41 bits per heavy atom. The normalized spacial score (nSPS) is 15.0. The Labute approximate surface area is 169 Å². The predicted octanol–water partition coefficient (Wildman–Crippen LogP) is 4.20. The molecule has 3 aromatic rings. The van der Waals surface area contributed by atoms with E-state index >= 15 is 0 Å². The van der Waals surface area contributed by atoms with Gasteiger partial charge >= 0.3 is 6.03 Å². The zero-order valence-electron chi connectivity index (χ0n) is 15.6. The van der Waals surface area contributed by atoms with Gasteiger partial charge in [-0.2, -0.15) is 9.57 Å². The van der Waals surface area contributed by atoms with Crippen LogP contribution in [0.5, 0.6) is 0 Å². The predicted molar refractivity (Wildman–Crippen MR) is 110 cm³/mol. The van der Waals surface area contributed by atoms with Crippen LogP contribution in [0, 0.1) is 18.3 Å². The number of fused-ring (bicyclic) bond motifs is 1. The van der Waals surface area contributed by atoms with Crippen LogP contribution in [0.3, 0.4) is 0 Å². The molecule has 0 saturated carbocycles. The first-order valence-corrected chi connectivity index (χ1v) is 10.4. The highest BCUT2D eigenvalue weighted by atomic mass is 32.2. The molecule has 0 spiro atoms. The molecule has 29 heavy (non-hydrogen) atoms. The van der Waals surface area contributed by atoms with Crippen LogP contribution in [0.1, 0.15) is 16.7 Å². The first kappa shape index (κ1) is 18.7. The first-order chi connectivity index (χ1) is 13.9. The molecule has 0 bridgehead atoms. The van der Waals surface area contributed by atoms with Gasteiger partial charge in [0.1, 0.15) is 4.90 Å². The van der Waals surface area contributed by atoms with Crippen LogP contribution in [0.2, 0.25) is 0 Å². The molecule has 0 atom stereocenters. The van der Waals surface area contributed by atoms with Crippen molar-refractivity contribution in [1.29, 1.82) is 5.26 Å². The highest BCUT2D eigenvalue weighted by molar-refractivity contribution is 7.94. The average molecular weight is 403 g/mol. The lowest BCUT2D eigenvalue weighted by Crippen LogP contribution is -2.50. The molecule has 1 aliphatic rings. The number of carbonyl (C=O) groups excluding carboxylic acids is 1. The van der Waals surface area contributed by atoms with Crippen LogP contribution in [0.25, 0.3) is 0 Å². The van der Waals surface area contributed by atoms with Crippen LogP contribution in [-0.4, -0.2) is 14.4 Å². The van der Waals surface area contributed by atoms with Crippen LogP contribution in [0.15, 0.2) is 77.7 Å². The molecule has 0 radical (unpaired) electrons. The summed E-state index contributed by atoms with van der Waals surface area (Å²) in [4.78, 5) is 14.8. The third kappa shape index (κ3) is 3.24. The molecule has 0 N–H and O–H groups in total. The van der Waals surface area contributed by atoms with Crippen molar-refractivity contribution in [3.63, 3.8) is 0 Å². The SMILES string of the molecule is Cc1ccc(N2C(=O)N(Cc3cccc(C#N)c3)c3ccccc3S2(=O)=O)cc1. The molecule has 0 fully saturated rings. The van der Waals surface area contributed by atoms with Crippen LogP contribution < -0.4 is 9.21 Å². The molecule has 0 aliphatic carbocycles. The molecule has 0 saturated heterocycles. The van der Waals surface area contributed by atoms with E-state index in [1.807, 2.05) is 6.92 Å². The van der Waals surface area contributed by atoms with Gasteiger partial charge in [0, 0.05) is 0 Å². The number of nitrogens with zero attached hydrogens (tertiary/aromatic N) is 3. The van der Waals surface area contributed by atoms with E-state index in [1.54, 1.807) is 66.7 Å². The summed E-state index contributed by atoms with van der Waals surface area (Å²) in [6, 6.07) is 21.5. The summed E-state index contributed by atoms with van der Waals surface area (Å²) >= 11 is 0. The zero-order valence-corrected chi connectivity index (χ0v) is 16.4. The summed E-state index contributed by atoms with van der Waals surface area (Å²) in [7, 11) is -4.05. The van der Waals surface area contributed by atoms with E-state index in [9.17, 15) is 13.2 Å². The van der Waals surface area contributed by atoms with Gasteiger partial charge in [0.15, 0.2) is 0 Å². The lowest BCUT2D eigenvalue weighted by Gasteiger charge is -2.36. The topological polar surface area (TPSA) is 81.5 Å². The minimum Gasteiger partial charge on any atom is -0.287 e. The van der Waals surface area contributed by atoms with Crippen molar-refractivity contribution in [2.24, 2.45) is 0 Å². The molecule has 7 heteroatoms. The number of urea groups is 1. The number of para-hydroxylation sites is 1. The third-order valence-corrected chi connectivity index (χ3v) is 6.49. The van der Waals surface area contributed by atoms with Crippen molar-refractivity contribution in [2.75, 3.05) is 9.21 Å². The van der Waals surface area contributed by atoms with E-state index in [0.717, 1.165) is 15.4 Å². The van der Waals surface area contributed by atoms with E-state index in [2.05, 4.69) is 6.07 Å². The summed E-state index contributed by atoms with van der Waals surface area (Å²) < 4.78 is 27.3. The van der Waals surface area contributed by atoms with Gasteiger partial charge < -0.3 is 0 Å². The Morgan fingerprint density at radius 2 is 1.69 bits per heavy atom. The Kier molecular flexibility index (Phi) is 4.57. The third-order valence-electron chi connectivity index (χ3n) is 4.74. The van der Waals surface area contributed by atoms with Crippen molar-refractivity contribution < 1.29 is 13.2 Å². The number of anilines is 2. The number of rotatable bonds is 3. The van der Waals surface area contributed by atoms with Crippen molar-refractivity contribution in [2.45, 2.75) is 18.4 Å². The van der Waals surface area contributed by atoms with E-state index in [1.165, 1.54) is 11.0 Å². The molecule has 6 nitrogen and oxygen atoms in total. The van der Waals surface area contributed by atoms with E-state index in [0.29, 0.717) is 11.3 Å². The van der Waals surface area contributed by atoms with E-state index in [-0.39, 0.29) is 17.1 Å². The second-order valence-electron chi connectivity index (χ2n) is 6.75. The lowest BCUT2D eigenvalue weighted by atomic mass is 10.1. The minimum absolute atomic E-state index is 0.0663. The van der Waals surface area contributed by atoms with Gasteiger partial charge in [-0.15, -0.1) is 0 Å². The van der Waals surface area contributed by atoms with Gasteiger partial charge in [-0.1, -0.05) is 42.0 Å². The molecule has 1 heterocycles. The van der Waals surface area contributed by atoms with Crippen LogP contribution >= 0.6 is 0 Å². The first-order valence-electron chi connectivity index (χ1n) is 8.93. The number of carbonyl (C=O) groups is 1. The summed E-state index contributed by atoms with van der Waals surface area (Å²) in [5.74, 6) is 0. The molecule has 3 aromatic carbocycles. The molecular weight excluding hydrogens is 386 g/mol. The molecule has 4 rings (SSSR count). The highest BCUT2D eigenvalue weighted by Crippen LogP contribution is 2.37. The summed E-state index contributed by atoms with van der Waals surface area (Å²) in [5, 5.41) is 9.14. The molecule has 0 unspecified atom stereocenters. The van der Waals surface area contributed by atoms with Crippen molar-refractivity contribution >= 4 is 27.4 Å². The summed E-state index contributed by atoms with van der Waals surface area (Å²) in [5.41, 5.74) is 2.77. The number of benzene rings is 3. The van der Waals surface area contributed by atoms with E-state index < -0.39 is 16.1 Å². The van der Waals surface area contributed by atoms with Gasteiger partial charge in [0.25, 0.3) is 10.0 Å². The number of aryl methyl sites for hydroxylation is 1. The molecule has 0 aromatic heterocycles. The standard InChI is InChI=1S/C22H17N3O3S/c1-16-9-11-19(12-10-16)25-22(26)24(15-18-6-4-5-17(13-18)14-23)20-7-2-3-8-21(20)29(25,27)28/h2-13H,15H2,1H3. The second kappa shape index (κ2) is 7.08. The van der Waals surface area contributed by atoms with E-state index in [4.69, 9.17) is 5.26 Å². The monoisotopic (exact) mass is 403 g/mol. The molecule has 1 aliphatic heterocycles. The van der Waals surface area contributed by atoms with Gasteiger partial charge in [-0.3, -0.25) is 4.90 Å². The Morgan fingerprint density at radius 1 is 0.966 bits per heavy atom. The maximum Gasteiger partial charge on any atom is 0.343 e. The summed E-state index contributed by atoms with van der Waals surface area (Å²) in [6.07, 6.45) is 0. The fourth-order valence-corrected chi connectivity index (χ4v) is 4.91. The molecule has 144 valence electrons. The van der Waals surface area contributed by atoms with Gasteiger partial charge in [0.2, 0.25) is 0 Å². The van der Waals surface area contributed by atoms with Crippen molar-refractivity contribution in [3.8, 4) is 6.07 Å². The van der Waals surface area contributed by atoms with Crippen LogP contribution in [0.4, 0.5) is 16.2 Å². The van der Waals surface area contributed by atoms with Crippen LogP contribution in [-0.2, 0) is 16.6 Å². The molecular formula is C22H17N3O3S. The lowest BCUT2D eigenvalue weighted by molar-refractivity contribution is 0.253. The zero-order chi connectivity index (χ0) is 20.6. The fraction of sp³-hybridized carbons (Fsp3) is 0.0909. The van der Waals surface area contributed by atoms with Gasteiger partial charge in [-0.05, 0) is 48.9 Å². The smallest absolute Gasteiger partial charge is 0.287 e. The fourth-order valence-electron chi connectivity index (χ4n) is 3.32. The van der Waals surface area contributed by atoms with Crippen molar-refractivity contribution in [1.82, 2.24) is 0 Å². The quantitative estimate of drug-likeness (QED) is 0.656. The van der Waals surface area contributed by atoms with Gasteiger partial charge in [0.05, 0.1) is 29.6 Å². The Hall–Kier alpha value is -3.63. The maximum atomic E-state index is 13.4. The average Bonchev–Trinajstić information content (AvgIpc) is 2.73. The number of hydrogen-bond donors (Lipinski definition) is 0. The number of amides is 2. The highest BCUT2D eigenvalue weighted by Gasteiger charge is 2.42. The minimum atomic E-state index is -4.05. The second-order valence-corrected chi connectivity index (χ2v) is 8.51. The van der Waals surface area contributed by atoms with Crippen molar-refractivity contribution in [3.05, 3.63) is 89.5 Å². The number of sulfonamides is 1. The van der Waals surface area contributed by atoms with Gasteiger partial charge in [-0.25, -0.2) is 13.2 Å². The largest absolute Gasteiger partial charge is 0.343 e. The maximum absolute atomic E-state index is 13.4. The summed E-state index contributed by atoms with van der Waals surface area (Å²) in [6.45, 7) is 2.03. The Bertz CT molecular complexity index is 1240. The number of hydrogen-bond acceptors (Lipinski definition) is 4.